The van der Waals surface area contributed by atoms with Crippen LogP contribution in [0.2, 0.25) is 0 Å². The van der Waals surface area contributed by atoms with Gasteiger partial charge >= 0.3 is 0 Å². The summed E-state index contributed by atoms with van der Waals surface area (Å²) in [5.41, 5.74) is 5.20. The highest BCUT2D eigenvalue weighted by Gasteiger charge is 2.31. The quantitative estimate of drug-likeness (QED) is 0.790. The Labute approximate surface area is 118 Å². The second-order valence-electron chi connectivity index (χ2n) is 4.23. The van der Waals surface area contributed by atoms with Crippen molar-refractivity contribution >= 4 is 34.5 Å². The normalized spacial score (nSPS) is 11.3. The number of carbonyl (C=O) groups excluding carboxylic acids is 1. The molecule has 1 heterocycles. The highest BCUT2D eigenvalue weighted by atomic mass is 32.1. The SMILES string of the molecule is CCc1ccc(C(=O)NC(CC)(CC)C(N)=S)s1. The fraction of sp³-hybridized carbons (Fsp3) is 0.538. The molecular formula is C13H20N2OS2. The van der Waals surface area contributed by atoms with Crippen molar-refractivity contribution in [3.8, 4) is 0 Å². The van der Waals surface area contributed by atoms with Gasteiger partial charge in [-0.2, -0.15) is 0 Å². The summed E-state index contributed by atoms with van der Waals surface area (Å²) < 4.78 is 0. The number of nitrogens with two attached hydrogens (primary N) is 1. The van der Waals surface area contributed by atoms with E-state index in [0.29, 0.717) is 17.8 Å². The number of hydrogen-bond acceptors (Lipinski definition) is 3. The molecule has 0 atom stereocenters. The maximum absolute atomic E-state index is 12.2. The molecule has 0 aliphatic carbocycles. The average molecular weight is 284 g/mol. The third-order valence-electron chi connectivity index (χ3n) is 3.27. The molecule has 0 aromatic carbocycles. The fourth-order valence-corrected chi connectivity index (χ4v) is 2.99. The van der Waals surface area contributed by atoms with Crippen molar-refractivity contribution < 1.29 is 4.79 Å². The number of thiophene rings is 1. The van der Waals surface area contributed by atoms with Crippen LogP contribution in [0.4, 0.5) is 0 Å². The van der Waals surface area contributed by atoms with E-state index in [9.17, 15) is 4.79 Å². The Kier molecular flexibility index (Phi) is 5.28. The van der Waals surface area contributed by atoms with Crippen LogP contribution in [0.3, 0.4) is 0 Å². The standard InChI is InChI=1S/C13H20N2OS2/c1-4-9-7-8-10(18-9)11(16)15-13(5-2,6-3)12(14)17/h7-8H,4-6H2,1-3H3,(H2,14,17)(H,15,16). The van der Waals surface area contributed by atoms with E-state index in [1.807, 2.05) is 26.0 Å². The summed E-state index contributed by atoms with van der Waals surface area (Å²) in [7, 11) is 0. The summed E-state index contributed by atoms with van der Waals surface area (Å²) >= 11 is 6.61. The third kappa shape index (κ3) is 3.09. The molecule has 0 bridgehead atoms. The first-order chi connectivity index (χ1) is 8.49. The summed E-state index contributed by atoms with van der Waals surface area (Å²) in [6.45, 7) is 6.04. The van der Waals surface area contributed by atoms with Crippen LogP contribution in [0.15, 0.2) is 12.1 Å². The van der Waals surface area contributed by atoms with E-state index in [0.717, 1.165) is 11.3 Å². The molecule has 0 aliphatic rings. The molecule has 1 rings (SSSR count). The Bertz CT molecular complexity index is 436. The van der Waals surface area contributed by atoms with Gasteiger partial charge in [0, 0.05) is 4.88 Å². The fourth-order valence-electron chi connectivity index (χ4n) is 1.81. The molecule has 1 amide bonds. The molecule has 0 unspecified atom stereocenters. The molecule has 0 saturated carbocycles. The van der Waals surface area contributed by atoms with Gasteiger partial charge in [0.15, 0.2) is 0 Å². The van der Waals surface area contributed by atoms with Crippen molar-refractivity contribution in [1.29, 1.82) is 0 Å². The van der Waals surface area contributed by atoms with Crippen LogP contribution in [0.5, 0.6) is 0 Å². The van der Waals surface area contributed by atoms with Gasteiger partial charge in [0.05, 0.1) is 15.4 Å². The smallest absolute Gasteiger partial charge is 0.262 e. The van der Waals surface area contributed by atoms with Crippen LogP contribution in [-0.4, -0.2) is 16.4 Å². The first-order valence-corrected chi connectivity index (χ1v) is 7.42. The highest BCUT2D eigenvalue weighted by Crippen LogP contribution is 2.20. The molecule has 100 valence electrons. The van der Waals surface area contributed by atoms with E-state index < -0.39 is 5.54 Å². The minimum absolute atomic E-state index is 0.0869. The Hall–Kier alpha value is -0.940. The number of thiocarbonyl (C=S) groups is 1. The minimum atomic E-state index is -0.567. The van der Waals surface area contributed by atoms with E-state index >= 15 is 0 Å². The Morgan fingerprint density at radius 2 is 2.00 bits per heavy atom. The van der Waals surface area contributed by atoms with Gasteiger partial charge in [0.2, 0.25) is 0 Å². The predicted molar refractivity (Wildman–Crippen MR) is 81.3 cm³/mol. The van der Waals surface area contributed by atoms with Crippen LogP contribution >= 0.6 is 23.6 Å². The maximum atomic E-state index is 12.2. The third-order valence-corrected chi connectivity index (χ3v) is 4.88. The lowest BCUT2D eigenvalue weighted by Crippen LogP contribution is -2.55. The van der Waals surface area contributed by atoms with E-state index in [-0.39, 0.29) is 5.91 Å². The Balaban J connectivity index is 2.88. The molecular weight excluding hydrogens is 264 g/mol. The van der Waals surface area contributed by atoms with E-state index in [1.165, 1.54) is 16.2 Å². The molecule has 0 fully saturated rings. The second kappa shape index (κ2) is 6.29. The van der Waals surface area contributed by atoms with Gasteiger partial charge in [0.25, 0.3) is 5.91 Å². The highest BCUT2D eigenvalue weighted by molar-refractivity contribution is 7.80. The number of amides is 1. The van der Waals surface area contributed by atoms with Crippen molar-refractivity contribution in [3.05, 3.63) is 21.9 Å². The zero-order valence-corrected chi connectivity index (χ0v) is 12.7. The van der Waals surface area contributed by atoms with Gasteiger partial charge in [-0.3, -0.25) is 4.79 Å². The summed E-state index contributed by atoms with van der Waals surface area (Å²) in [6, 6.07) is 3.84. The van der Waals surface area contributed by atoms with Gasteiger partial charge in [-0.1, -0.05) is 33.0 Å². The Morgan fingerprint density at radius 3 is 2.39 bits per heavy atom. The van der Waals surface area contributed by atoms with Crippen LogP contribution in [0.25, 0.3) is 0 Å². The average Bonchev–Trinajstić information content (AvgIpc) is 2.84. The molecule has 1 aromatic rings. The van der Waals surface area contributed by atoms with Gasteiger partial charge in [-0.15, -0.1) is 11.3 Å². The lowest BCUT2D eigenvalue weighted by atomic mass is 9.92. The number of nitrogens with one attached hydrogen (secondary N) is 1. The van der Waals surface area contributed by atoms with E-state index in [4.69, 9.17) is 18.0 Å². The topological polar surface area (TPSA) is 55.1 Å². The summed E-state index contributed by atoms with van der Waals surface area (Å²) in [5, 5.41) is 2.99. The summed E-state index contributed by atoms with van der Waals surface area (Å²) in [5.74, 6) is -0.0869. The van der Waals surface area contributed by atoms with Crippen molar-refractivity contribution in [1.82, 2.24) is 5.32 Å². The number of hydrogen-bond donors (Lipinski definition) is 2. The van der Waals surface area contributed by atoms with Gasteiger partial charge in [0.1, 0.15) is 0 Å². The largest absolute Gasteiger partial charge is 0.391 e. The lowest BCUT2D eigenvalue weighted by molar-refractivity contribution is 0.0924. The van der Waals surface area contributed by atoms with Crippen molar-refractivity contribution in [2.45, 2.75) is 45.6 Å². The molecule has 18 heavy (non-hydrogen) atoms. The van der Waals surface area contributed by atoms with Crippen LogP contribution in [0.1, 0.15) is 48.2 Å². The molecule has 3 N–H and O–H groups in total. The van der Waals surface area contributed by atoms with Crippen molar-refractivity contribution in [2.75, 3.05) is 0 Å². The first-order valence-electron chi connectivity index (χ1n) is 6.20. The van der Waals surface area contributed by atoms with Crippen molar-refractivity contribution in [3.63, 3.8) is 0 Å². The van der Waals surface area contributed by atoms with Crippen LogP contribution in [0, 0.1) is 0 Å². The lowest BCUT2D eigenvalue weighted by Gasteiger charge is -2.31. The zero-order valence-electron chi connectivity index (χ0n) is 11.1. The van der Waals surface area contributed by atoms with Gasteiger partial charge in [-0.05, 0) is 31.4 Å². The summed E-state index contributed by atoms with van der Waals surface area (Å²) in [6.07, 6.45) is 2.35. The number of aryl methyl sites for hydroxylation is 1. The van der Waals surface area contributed by atoms with Crippen LogP contribution < -0.4 is 11.1 Å². The monoisotopic (exact) mass is 284 g/mol. The van der Waals surface area contributed by atoms with E-state index in [1.54, 1.807) is 0 Å². The molecule has 0 radical (unpaired) electrons. The Morgan fingerprint density at radius 1 is 1.39 bits per heavy atom. The molecule has 0 aliphatic heterocycles. The second-order valence-corrected chi connectivity index (χ2v) is 5.84. The maximum Gasteiger partial charge on any atom is 0.262 e. The van der Waals surface area contributed by atoms with Gasteiger partial charge in [-0.25, -0.2) is 0 Å². The van der Waals surface area contributed by atoms with Gasteiger partial charge < -0.3 is 11.1 Å². The molecule has 1 aromatic heterocycles. The number of carbonyl (C=O) groups is 1. The first kappa shape index (κ1) is 15.1. The minimum Gasteiger partial charge on any atom is -0.391 e. The molecule has 0 saturated heterocycles. The molecule has 0 spiro atoms. The molecule has 3 nitrogen and oxygen atoms in total. The predicted octanol–water partition coefficient (Wildman–Crippen LogP) is 2.89. The summed E-state index contributed by atoms with van der Waals surface area (Å²) in [4.78, 5) is 14.5. The zero-order chi connectivity index (χ0) is 13.8. The van der Waals surface area contributed by atoms with Crippen molar-refractivity contribution in [2.24, 2.45) is 5.73 Å². The molecule has 5 heteroatoms. The van der Waals surface area contributed by atoms with E-state index in [2.05, 4.69) is 12.2 Å². The van der Waals surface area contributed by atoms with Crippen LogP contribution in [-0.2, 0) is 6.42 Å². The number of rotatable bonds is 6.